The molecule has 2 N–H and O–H groups in total. The lowest BCUT2D eigenvalue weighted by Gasteiger charge is -2.26. The molecule has 0 spiro atoms. The Balaban J connectivity index is 2.09. The molecule has 0 unspecified atom stereocenters. The monoisotopic (exact) mass is 303 g/mol. The summed E-state index contributed by atoms with van der Waals surface area (Å²) in [7, 11) is 0. The quantitative estimate of drug-likeness (QED) is 0.850. The van der Waals surface area contributed by atoms with E-state index in [0.717, 1.165) is 11.4 Å². The lowest BCUT2D eigenvalue weighted by atomic mass is 9.98. The first-order valence-electron chi connectivity index (χ1n) is 7.14. The van der Waals surface area contributed by atoms with Gasteiger partial charge < -0.3 is 10.4 Å². The summed E-state index contributed by atoms with van der Waals surface area (Å²) in [5.41, 5.74) is 1.55. The first-order chi connectivity index (χ1) is 10.3. The number of rotatable bonds is 6. The van der Waals surface area contributed by atoms with Crippen molar-refractivity contribution in [3.8, 4) is 5.82 Å². The van der Waals surface area contributed by atoms with Gasteiger partial charge in [-0.15, -0.1) is 10.2 Å². The molecule has 2 aromatic heterocycles. The summed E-state index contributed by atoms with van der Waals surface area (Å²) in [6.45, 7) is 7.76. The van der Waals surface area contributed by atoms with E-state index in [-0.39, 0.29) is 12.0 Å². The Kier molecular flexibility index (Phi) is 4.44. The van der Waals surface area contributed by atoms with Gasteiger partial charge in [0.05, 0.1) is 5.69 Å². The lowest BCUT2D eigenvalue weighted by molar-refractivity contribution is -0.137. The minimum Gasteiger partial charge on any atom is -0.481 e. The Hall–Kier alpha value is -2.44. The number of aryl methyl sites for hydroxylation is 2. The molecule has 0 saturated heterocycles. The molecule has 0 bridgehead atoms. The van der Waals surface area contributed by atoms with Gasteiger partial charge in [-0.3, -0.25) is 4.79 Å². The molecule has 0 aliphatic heterocycles. The molecule has 7 nitrogen and oxygen atoms in total. The highest BCUT2D eigenvalue weighted by Crippen LogP contribution is 2.18. The van der Waals surface area contributed by atoms with Crippen molar-refractivity contribution in [2.75, 3.05) is 5.32 Å². The van der Waals surface area contributed by atoms with Crippen molar-refractivity contribution in [1.82, 2.24) is 20.0 Å². The molecule has 0 radical (unpaired) electrons. The van der Waals surface area contributed by atoms with E-state index in [1.807, 2.05) is 45.9 Å². The largest absolute Gasteiger partial charge is 0.481 e. The Morgan fingerprint density at radius 1 is 1.32 bits per heavy atom. The normalized spacial score (nSPS) is 11.5. The number of carboxylic acids is 1. The second kappa shape index (κ2) is 6.13. The van der Waals surface area contributed by atoms with Gasteiger partial charge in [0.2, 0.25) is 0 Å². The van der Waals surface area contributed by atoms with Gasteiger partial charge in [0.25, 0.3) is 0 Å². The topological polar surface area (TPSA) is 92.9 Å². The molecule has 7 heteroatoms. The average molecular weight is 303 g/mol. The van der Waals surface area contributed by atoms with Crippen molar-refractivity contribution < 1.29 is 9.90 Å². The van der Waals surface area contributed by atoms with Gasteiger partial charge in [-0.1, -0.05) is 0 Å². The SMILES string of the molecule is Cc1cc(C)n(-c2ccc(NC(C)(C)CCC(=O)O)nn2)n1. The van der Waals surface area contributed by atoms with E-state index in [2.05, 4.69) is 20.6 Å². The number of hydrogen-bond acceptors (Lipinski definition) is 5. The highest BCUT2D eigenvalue weighted by atomic mass is 16.4. The van der Waals surface area contributed by atoms with E-state index in [9.17, 15) is 4.79 Å². The van der Waals surface area contributed by atoms with Crippen LogP contribution in [-0.4, -0.2) is 36.6 Å². The van der Waals surface area contributed by atoms with Crippen LogP contribution in [0.4, 0.5) is 5.82 Å². The van der Waals surface area contributed by atoms with Gasteiger partial charge >= 0.3 is 5.97 Å². The van der Waals surface area contributed by atoms with Gasteiger partial charge in [-0.25, -0.2) is 4.68 Å². The standard InChI is InChI=1S/C15H21N5O2/c1-10-9-11(2)20(19-10)13-6-5-12(17-18-13)16-15(3,4)8-7-14(21)22/h5-6,9H,7-8H2,1-4H3,(H,16,17)(H,21,22). The third-order valence-electron chi connectivity index (χ3n) is 3.31. The highest BCUT2D eigenvalue weighted by molar-refractivity contribution is 5.66. The number of anilines is 1. The fraction of sp³-hybridized carbons (Fsp3) is 0.467. The zero-order valence-corrected chi connectivity index (χ0v) is 13.3. The van der Waals surface area contributed by atoms with E-state index in [1.54, 1.807) is 4.68 Å². The van der Waals surface area contributed by atoms with Crippen LogP contribution in [0.1, 0.15) is 38.1 Å². The third kappa shape index (κ3) is 4.03. The average Bonchev–Trinajstić information content (AvgIpc) is 2.76. The predicted molar refractivity (Wildman–Crippen MR) is 83.2 cm³/mol. The van der Waals surface area contributed by atoms with Crippen LogP contribution >= 0.6 is 0 Å². The molecule has 0 aromatic carbocycles. The van der Waals surface area contributed by atoms with E-state index >= 15 is 0 Å². The van der Waals surface area contributed by atoms with Gasteiger partial charge in [-0.05, 0) is 52.3 Å². The minimum absolute atomic E-state index is 0.108. The molecule has 0 amide bonds. The maximum Gasteiger partial charge on any atom is 0.303 e. The smallest absolute Gasteiger partial charge is 0.303 e. The number of aromatic nitrogens is 4. The van der Waals surface area contributed by atoms with Crippen LogP contribution in [0.15, 0.2) is 18.2 Å². The fourth-order valence-corrected chi connectivity index (χ4v) is 2.19. The van der Waals surface area contributed by atoms with Crippen LogP contribution in [0.5, 0.6) is 0 Å². The van der Waals surface area contributed by atoms with Gasteiger partial charge in [0, 0.05) is 17.7 Å². The summed E-state index contributed by atoms with van der Waals surface area (Å²) in [6, 6.07) is 5.63. The van der Waals surface area contributed by atoms with Crippen LogP contribution in [-0.2, 0) is 4.79 Å². The number of carbonyl (C=O) groups is 1. The molecule has 118 valence electrons. The minimum atomic E-state index is -0.805. The summed E-state index contributed by atoms with van der Waals surface area (Å²) in [6.07, 6.45) is 0.612. The number of hydrogen-bond donors (Lipinski definition) is 2. The van der Waals surface area contributed by atoms with Crippen LogP contribution in [0.3, 0.4) is 0 Å². The number of nitrogens with one attached hydrogen (secondary N) is 1. The van der Waals surface area contributed by atoms with E-state index in [4.69, 9.17) is 5.11 Å². The Labute approximate surface area is 129 Å². The predicted octanol–water partition coefficient (Wildman–Crippen LogP) is 2.33. The third-order valence-corrected chi connectivity index (χ3v) is 3.31. The maximum absolute atomic E-state index is 10.7. The Morgan fingerprint density at radius 3 is 2.55 bits per heavy atom. The van der Waals surface area contributed by atoms with Gasteiger partial charge in [0.1, 0.15) is 5.82 Å². The summed E-state index contributed by atoms with van der Waals surface area (Å²) in [4.78, 5) is 10.7. The van der Waals surface area contributed by atoms with Crippen molar-refractivity contribution >= 4 is 11.8 Å². The molecule has 22 heavy (non-hydrogen) atoms. The molecule has 0 aliphatic rings. The summed E-state index contributed by atoms with van der Waals surface area (Å²) >= 11 is 0. The van der Waals surface area contributed by atoms with Crippen molar-refractivity contribution in [3.05, 3.63) is 29.6 Å². The molecular formula is C15H21N5O2. The summed E-state index contributed by atoms with van der Waals surface area (Å²) in [5.74, 6) is 0.459. The summed E-state index contributed by atoms with van der Waals surface area (Å²) < 4.78 is 1.74. The van der Waals surface area contributed by atoms with Crippen LogP contribution in [0, 0.1) is 13.8 Å². The van der Waals surface area contributed by atoms with E-state index in [0.29, 0.717) is 18.1 Å². The molecule has 0 saturated carbocycles. The zero-order valence-electron chi connectivity index (χ0n) is 13.3. The number of carboxylic acid groups (broad SMARTS) is 1. The first-order valence-corrected chi connectivity index (χ1v) is 7.14. The van der Waals surface area contributed by atoms with Crippen LogP contribution in [0.25, 0.3) is 5.82 Å². The van der Waals surface area contributed by atoms with Crippen molar-refractivity contribution in [1.29, 1.82) is 0 Å². The fourth-order valence-electron chi connectivity index (χ4n) is 2.19. The molecular weight excluding hydrogens is 282 g/mol. The van der Waals surface area contributed by atoms with Crippen molar-refractivity contribution in [3.63, 3.8) is 0 Å². The Morgan fingerprint density at radius 2 is 2.05 bits per heavy atom. The zero-order chi connectivity index (χ0) is 16.3. The second-order valence-electron chi connectivity index (χ2n) is 6.02. The second-order valence-corrected chi connectivity index (χ2v) is 6.02. The van der Waals surface area contributed by atoms with Gasteiger partial charge in [0.15, 0.2) is 5.82 Å². The first kappa shape index (κ1) is 15.9. The molecule has 0 atom stereocenters. The van der Waals surface area contributed by atoms with Crippen LogP contribution < -0.4 is 5.32 Å². The van der Waals surface area contributed by atoms with E-state index < -0.39 is 5.97 Å². The molecule has 2 aromatic rings. The highest BCUT2D eigenvalue weighted by Gasteiger charge is 2.19. The molecule has 0 aliphatic carbocycles. The van der Waals surface area contributed by atoms with E-state index in [1.165, 1.54) is 0 Å². The molecule has 2 heterocycles. The van der Waals surface area contributed by atoms with Gasteiger partial charge in [-0.2, -0.15) is 5.10 Å². The van der Waals surface area contributed by atoms with Crippen LogP contribution in [0.2, 0.25) is 0 Å². The Bertz CT molecular complexity index is 661. The molecule has 0 fully saturated rings. The molecule has 2 rings (SSSR count). The lowest BCUT2D eigenvalue weighted by Crippen LogP contribution is -2.32. The van der Waals surface area contributed by atoms with Crippen molar-refractivity contribution in [2.45, 2.75) is 46.1 Å². The maximum atomic E-state index is 10.7. The summed E-state index contributed by atoms with van der Waals surface area (Å²) in [5, 5.41) is 24.7. The number of aliphatic carboxylic acids is 1. The van der Waals surface area contributed by atoms with Crippen molar-refractivity contribution in [2.24, 2.45) is 0 Å². The number of nitrogens with zero attached hydrogens (tertiary/aromatic N) is 4.